The first-order chi connectivity index (χ1) is 28.8. The van der Waals surface area contributed by atoms with E-state index >= 15 is 0 Å². The van der Waals surface area contributed by atoms with Crippen LogP contribution in [0, 0.1) is 0 Å². The number of rotatable bonds is 6. The predicted octanol–water partition coefficient (Wildman–Crippen LogP) is 15.1. The molecule has 0 aliphatic heterocycles. The van der Waals surface area contributed by atoms with E-state index in [-0.39, 0.29) is 0 Å². The SMILES string of the molecule is c1ccc([N+](c2ccccc2)(c2ccccc2)c2cc(-n3c4ccccc4c4cc(-n5c6ccccc6c6ccccc65)ccc43)cc3c2oc2ccccc23)cc1. The van der Waals surface area contributed by atoms with E-state index in [4.69, 9.17) is 4.42 Å². The molecular formula is C54H36N3O+. The first-order valence-electron chi connectivity index (χ1n) is 19.8. The largest absolute Gasteiger partial charge is 0.450 e. The van der Waals surface area contributed by atoms with Gasteiger partial charge in [-0.3, -0.25) is 0 Å². The van der Waals surface area contributed by atoms with Gasteiger partial charge in [-0.2, -0.15) is 4.48 Å². The van der Waals surface area contributed by atoms with Gasteiger partial charge in [-0.15, -0.1) is 0 Å². The molecule has 12 aromatic rings. The zero-order valence-electron chi connectivity index (χ0n) is 31.5. The van der Waals surface area contributed by atoms with Gasteiger partial charge in [0.2, 0.25) is 0 Å². The van der Waals surface area contributed by atoms with Gasteiger partial charge in [0.25, 0.3) is 0 Å². The van der Waals surface area contributed by atoms with Crippen LogP contribution in [-0.2, 0) is 0 Å². The summed E-state index contributed by atoms with van der Waals surface area (Å²) in [7, 11) is 0. The Balaban J connectivity index is 1.21. The molecule has 4 nitrogen and oxygen atoms in total. The van der Waals surface area contributed by atoms with Crippen molar-refractivity contribution in [1.29, 1.82) is 0 Å². The van der Waals surface area contributed by atoms with Crippen LogP contribution in [0.3, 0.4) is 0 Å². The zero-order chi connectivity index (χ0) is 38.2. The second kappa shape index (κ2) is 12.7. The van der Waals surface area contributed by atoms with E-state index < -0.39 is 0 Å². The standard InChI is InChI=1S/C54H36N3O/c1-4-18-39(19-5-1)57(40-20-6-2-7-21-40,41-22-8-3-9-23-41)52-36-38(35-47-45-27-13-17-31-53(45)58-54(47)52)56-50-30-16-12-26-44(50)46-34-37(32-33-51(46)56)55-48-28-14-10-24-42(48)43-25-11-15-29-49(43)55/h1-36H/q+1. The van der Waals surface area contributed by atoms with Crippen LogP contribution in [0.4, 0.5) is 22.7 Å². The van der Waals surface area contributed by atoms with Crippen LogP contribution in [0.25, 0.3) is 76.9 Å². The van der Waals surface area contributed by atoms with E-state index in [9.17, 15) is 0 Å². The normalized spacial score (nSPS) is 12.1. The number of furan rings is 1. The fraction of sp³-hybridized carbons (Fsp3) is 0. The maximum atomic E-state index is 7.00. The summed E-state index contributed by atoms with van der Waals surface area (Å²) in [6, 6.07) is 78.8. The fourth-order valence-corrected chi connectivity index (χ4v) is 9.57. The van der Waals surface area contributed by atoms with Crippen molar-refractivity contribution in [2.24, 2.45) is 0 Å². The smallest absolute Gasteiger partial charge is 0.197 e. The van der Waals surface area contributed by atoms with Crippen LogP contribution in [-0.4, -0.2) is 9.13 Å². The van der Waals surface area contributed by atoms with Crippen LogP contribution in [0.1, 0.15) is 0 Å². The highest BCUT2D eigenvalue weighted by atomic mass is 16.3. The Kier molecular flexibility index (Phi) is 7.12. The first kappa shape index (κ1) is 32.6. The highest BCUT2D eigenvalue weighted by Crippen LogP contribution is 2.55. The molecule has 0 radical (unpaired) electrons. The Bertz CT molecular complexity index is 3350. The zero-order valence-corrected chi connectivity index (χ0v) is 31.5. The summed E-state index contributed by atoms with van der Waals surface area (Å²) >= 11 is 0. The molecule has 3 aromatic heterocycles. The van der Waals surface area contributed by atoms with Crippen LogP contribution >= 0.6 is 0 Å². The van der Waals surface area contributed by atoms with Crippen LogP contribution in [0.15, 0.2) is 223 Å². The monoisotopic (exact) mass is 742 g/mol. The number of hydrogen-bond acceptors (Lipinski definition) is 1. The lowest BCUT2D eigenvalue weighted by atomic mass is 10.0. The molecule has 3 heterocycles. The minimum atomic E-state index is 0.321. The van der Waals surface area contributed by atoms with E-state index in [0.717, 1.165) is 67.1 Å². The molecule has 0 saturated carbocycles. The second-order valence-corrected chi connectivity index (χ2v) is 15.0. The molecule has 0 aliphatic carbocycles. The van der Waals surface area contributed by atoms with Crippen molar-refractivity contribution in [2.45, 2.75) is 0 Å². The number of hydrogen-bond donors (Lipinski definition) is 0. The molecule has 272 valence electrons. The van der Waals surface area contributed by atoms with Crippen LogP contribution in [0.2, 0.25) is 0 Å². The average Bonchev–Trinajstić information content (AvgIpc) is 3.95. The van der Waals surface area contributed by atoms with Gasteiger partial charge in [-0.25, -0.2) is 0 Å². The summed E-state index contributed by atoms with van der Waals surface area (Å²) in [5.74, 6) is 0. The Morgan fingerprint density at radius 3 is 1.28 bits per heavy atom. The summed E-state index contributed by atoms with van der Waals surface area (Å²) in [6.07, 6.45) is 0. The fourth-order valence-electron chi connectivity index (χ4n) is 9.57. The van der Waals surface area contributed by atoms with Gasteiger partial charge in [0.15, 0.2) is 11.3 Å². The number of quaternary nitrogens is 1. The quantitative estimate of drug-likeness (QED) is 0.156. The van der Waals surface area contributed by atoms with Gasteiger partial charge >= 0.3 is 0 Å². The summed E-state index contributed by atoms with van der Waals surface area (Å²) in [5.41, 5.74) is 13.0. The Labute approximate surface area is 334 Å². The molecule has 0 saturated heterocycles. The summed E-state index contributed by atoms with van der Waals surface area (Å²) < 4.78 is 12.2. The third kappa shape index (κ3) is 4.61. The molecule has 0 bridgehead atoms. The summed E-state index contributed by atoms with van der Waals surface area (Å²) in [4.78, 5) is 0. The Morgan fingerprint density at radius 1 is 0.310 bits per heavy atom. The molecule has 0 aliphatic rings. The van der Waals surface area contributed by atoms with Crippen LogP contribution < -0.4 is 4.48 Å². The summed E-state index contributed by atoms with van der Waals surface area (Å²) in [6.45, 7) is 0. The van der Waals surface area contributed by atoms with Crippen molar-refractivity contribution in [2.75, 3.05) is 0 Å². The minimum Gasteiger partial charge on any atom is -0.450 e. The third-order valence-corrected chi connectivity index (χ3v) is 12.0. The second-order valence-electron chi connectivity index (χ2n) is 15.0. The minimum absolute atomic E-state index is 0.321. The van der Waals surface area contributed by atoms with E-state index in [1.54, 1.807) is 0 Å². The van der Waals surface area contributed by atoms with E-state index in [1.807, 2.05) is 0 Å². The lowest BCUT2D eigenvalue weighted by Gasteiger charge is -2.37. The number of para-hydroxylation sites is 7. The lowest BCUT2D eigenvalue weighted by molar-refractivity contribution is 0.640. The van der Waals surface area contributed by atoms with Gasteiger partial charge in [0.05, 0.1) is 27.8 Å². The maximum absolute atomic E-state index is 7.00. The number of aromatic nitrogens is 2. The summed E-state index contributed by atoms with van der Waals surface area (Å²) in [5, 5.41) is 7.07. The molecule has 58 heavy (non-hydrogen) atoms. The molecule has 4 heteroatoms. The molecular weight excluding hydrogens is 707 g/mol. The molecule has 0 unspecified atom stereocenters. The Hall–Kier alpha value is -7.66. The van der Waals surface area contributed by atoms with Gasteiger partial charge in [-0.05, 0) is 48.5 Å². The molecule has 0 atom stereocenters. The molecule has 0 amide bonds. The maximum Gasteiger partial charge on any atom is 0.197 e. The predicted molar refractivity (Wildman–Crippen MR) is 242 cm³/mol. The molecule has 0 spiro atoms. The van der Waals surface area contributed by atoms with Crippen molar-refractivity contribution < 1.29 is 4.42 Å². The third-order valence-electron chi connectivity index (χ3n) is 12.0. The van der Waals surface area contributed by atoms with Crippen molar-refractivity contribution in [1.82, 2.24) is 13.6 Å². The van der Waals surface area contributed by atoms with Crippen molar-refractivity contribution in [3.63, 3.8) is 0 Å². The Morgan fingerprint density at radius 2 is 0.724 bits per heavy atom. The molecule has 12 rings (SSSR count). The van der Waals surface area contributed by atoms with Crippen molar-refractivity contribution >= 4 is 88.3 Å². The highest BCUT2D eigenvalue weighted by molar-refractivity contribution is 6.15. The average molecular weight is 743 g/mol. The van der Waals surface area contributed by atoms with Gasteiger partial charge in [0.1, 0.15) is 22.6 Å². The first-order valence-corrected chi connectivity index (χ1v) is 19.8. The van der Waals surface area contributed by atoms with Crippen molar-refractivity contribution in [3.05, 3.63) is 218 Å². The molecule has 0 N–H and O–H groups in total. The van der Waals surface area contributed by atoms with E-state index in [1.165, 1.54) is 32.6 Å². The van der Waals surface area contributed by atoms with E-state index in [2.05, 4.69) is 228 Å². The topological polar surface area (TPSA) is 23.0 Å². The van der Waals surface area contributed by atoms with E-state index in [0.29, 0.717) is 4.48 Å². The lowest BCUT2D eigenvalue weighted by Crippen LogP contribution is -2.33. The molecule has 9 aromatic carbocycles. The van der Waals surface area contributed by atoms with Gasteiger partial charge in [-0.1, -0.05) is 127 Å². The van der Waals surface area contributed by atoms with Crippen molar-refractivity contribution in [3.8, 4) is 11.4 Å². The number of fused-ring (bicyclic) bond motifs is 9. The van der Waals surface area contributed by atoms with Gasteiger partial charge in [0, 0.05) is 80.5 Å². The van der Waals surface area contributed by atoms with Gasteiger partial charge < -0.3 is 13.6 Å². The highest BCUT2D eigenvalue weighted by Gasteiger charge is 2.42. The van der Waals surface area contributed by atoms with Crippen LogP contribution in [0.5, 0.6) is 0 Å². The number of nitrogens with zero attached hydrogens (tertiary/aromatic N) is 3. The number of benzene rings is 9. The molecule has 0 fully saturated rings.